The van der Waals surface area contributed by atoms with E-state index < -0.39 is 40.8 Å². The molecule has 2 amide bonds. The van der Waals surface area contributed by atoms with Crippen LogP contribution in [0.15, 0.2) is 47.5 Å². The molecule has 3 aliphatic rings. The Hall–Kier alpha value is -4.37. The summed E-state index contributed by atoms with van der Waals surface area (Å²) >= 11 is 0. The van der Waals surface area contributed by atoms with Crippen molar-refractivity contribution in [2.24, 2.45) is 0 Å². The minimum atomic E-state index is -5.00. The minimum absolute atomic E-state index is 0.107. The molecule has 3 heterocycles. The van der Waals surface area contributed by atoms with Crippen molar-refractivity contribution in [3.63, 3.8) is 0 Å². The average Bonchev–Trinajstić information content (AvgIpc) is 3.69. The second-order valence-electron chi connectivity index (χ2n) is 13.0. The number of alkyl carbamates (subject to hydrolysis) is 1. The average molecular weight is 659 g/mol. The monoisotopic (exact) mass is 658 g/mol. The number of anilines is 2. The van der Waals surface area contributed by atoms with Crippen LogP contribution in [0.4, 0.5) is 29.3 Å². The molecule has 6 rings (SSSR count). The molecule has 2 saturated heterocycles. The fourth-order valence-electron chi connectivity index (χ4n) is 6.09. The topological polar surface area (TPSA) is 127 Å². The minimum Gasteiger partial charge on any atom is -0.444 e. The second-order valence-corrected chi connectivity index (χ2v) is 13.0. The van der Waals surface area contributed by atoms with Gasteiger partial charge < -0.3 is 29.7 Å². The molecule has 2 aromatic carbocycles. The molecule has 15 heteroatoms. The first-order chi connectivity index (χ1) is 22.2. The number of hydrogen-bond donors (Lipinski definition) is 2. The van der Waals surface area contributed by atoms with Crippen LogP contribution in [0.5, 0.6) is 5.75 Å². The number of nitrogens with zero attached hydrogens (tertiary/aromatic N) is 4. The highest BCUT2D eigenvalue weighted by Gasteiger charge is 2.54. The van der Waals surface area contributed by atoms with Crippen LogP contribution in [0.2, 0.25) is 0 Å². The van der Waals surface area contributed by atoms with E-state index in [1.807, 2.05) is 4.90 Å². The number of aromatic nitrogens is 2. The number of carbonyl (C=O) groups excluding carboxylic acids is 2. The van der Waals surface area contributed by atoms with E-state index in [4.69, 9.17) is 9.47 Å². The first-order valence-electron chi connectivity index (χ1n) is 15.5. The second kappa shape index (κ2) is 12.3. The van der Waals surface area contributed by atoms with Gasteiger partial charge in [0.2, 0.25) is 5.91 Å². The molecule has 47 heavy (non-hydrogen) atoms. The summed E-state index contributed by atoms with van der Waals surface area (Å²) in [5.41, 5.74) is -0.629. The van der Waals surface area contributed by atoms with E-state index >= 15 is 0 Å². The third-order valence-electron chi connectivity index (χ3n) is 8.49. The lowest BCUT2D eigenvalue weighted by Gasteiger charge is -2.34. The molecule has 0 spiro atoms. The summed E-state index contributed by atoms with van der Waals surface area (Å²) in [6.07, 6.45) is -2.32. The van der Waals surface area contributed by atoms with Crippen molar-refractivity contribution >= 4 is 34.3 Å². The van der Waals surface area contributed by atoms with Crippen LogP contribution < -0.4 is 25.8 Å². The van der Waals surface area contributed by atoms with Gasteiger partial charge >= 0.3 is 12.5 Å². The summed E-state index contributed by atoms with van der Waals surface area (Å²) in [6.45, 7) is 8.65. The van der Waals surface area contributed by atoms with E-state index in [1.165, 1.54) is 23.0 Å². The van der Waals surface area contributed by atoms with Gasteiger partial charge in [-0.3, -0.25) is 19.1 Å². The Morgan fingerprint density at radius 2 is 1.74 bits per heavy atom. The number of nitrogens with one attached hydrogen (secondary N) is 2. The summed E-state index contributed by atoms with van der Waals surface area (Å²) in [4.78, 5) is 47.8. The zero-order chi connectivity index (χ0) is 33.6. The van der Waals surface area contributed by atoms with Gasteiger partial charge in [-0.2, -0.15) is 0 Å². The highest BCUT2D eigenvalue weighted by molar-refractivity contribution is 6.01. The lowest BCUT2D eigenvalue weighted by atomic mass is 10.1. The maximum absolute atomic E-state index is 13.6. The van der Waals surface area contributed by atoms with Crippen molar-refractivity contribution in [1.82, 2.24) is 19.8 Å². The first-order valence-corrected chi connectivity index (χ1v) is 15.5. The van der Waals surface area contributed by atoms with Gasteiger partial charge in [0.15, 0.2) is 5.75 Å². The summed E-state index contributed by atoms with van der Waals surface area (Å²) in [5.74, 6) is -1.03. The van der Waals surface area contributed by atoms with Crippen LogP contribution in [0.1, 0.15) is 40.0 Å². The number of rotatable bonds is 7. The molecule has 1 atom stereocenters. The largest absolute Gasteiger partial charge is 0.573 e. The van der Waals surface area contributed by atoms with Crippen molar-refractivity contribution < 1.29 is 37.0 Å². The molecule has 2 N–H and O–H groups in total. The number of halogens is 3. The van der Waals surface area contributed by atoms with Gasteiger partial charge in [-0.15, -0.1) is 13.2 Å². The predicted octanol–water partition coefficient (Wildman–Crippen LogP) is 4.19. The lowest BCUT2D eigenvalue weighted by Crippen LogP contribution is -2.51. The van der Waals surface area contributed by atoms with Gasteiger partial charge in [-0.25, -0.2) is 9.78 Å². The first kappa shape index (κ1) is 32.6. The van der Waals surface area contributed by atoms with Crippen molar-refractivity contribution in [2.45, 2.75) is 63.6 Å². The number of carbonyl (C=O) groups is 2. The van der Waals surface area contributed by atoms with Gasteiger partial charge in [-0.05, 0) is 76.4 Å². The Morgan fingerprint density at radius 1 is 1.02 bits per heavy atom. The van der Waals surface area contributed by atoms with Crippen LogP contribution in [0.3, 0.4) is 0 Å². The van der Waals surface area contributed by atoms with Gasteiger partial charge in [0.05, 0.1) is 41.5 Å². The number of alkyl halides is 3. The Labute approximate surface area is 268 Å². The molecule has 1 saturated carbocycles. The summed E-state index contributed by atoms with van der Waals surface area (Å²) < 4.78 is 56.0. The molecule has 3 aromatic rings. The van der Waals surface area contributed by atoms with Crippen LogP contribution >= 0.6 is 0 Å². The van der Waals surface area contributed by atoms with Crippen molar-refractivity contribution in [2.75, 3.05) is 49.6 Å². The Bertz CT molecular complexity index is 1730. The molecule has 0 bridgehead atoms. The molecule has 2 aliphatic heterocycles. The molecule has 1 aromatic heterocycles. The molecule has 12 nitrogen and oxygen atoms in total. The van der Waals surface area contributed by atoms with E-state index in [1.54, 1.807) is 39.0 Å². The molecule has 1 aliphatic carbocycles. The van der Waals surface area contributed by atoms with Gasteiger partial charge in [-0.1, -0.05) is 0 Å². The molecule has 3 fully saturated rings. The van der Waals surface area contributed by atoms with E-state index in [0.29, 0.717) is 69.6 Å². The van der Waals surface area contributed by atoms with E-state index in [9.17, 15) is 27.6 Å². The van der Waals surface area contributed by atoms with E-state index in [0.717, 1.165) is 11.8 Å². The highest BCUT2D eigenvalue weighted by atomic mass is 19.4. The summed E-state index contributed by atoms with van der Waals surface area (Å²) in [5, 5.41) is 5.83. The fourth-order valence-corrected chi connectivity index (χ4v) is 6.09. The highest BCUT2D eigenvalue weighted by Crippen LogP contribution is 2.44. The molecule has 252 valence electrons. The lowest BCUT2D eigenvalue weighted by molar-refractivity contribution is -0.274. The van der Waals surface area contributed by atoms with Gasteiger partial charge in [0.1, 0.15) is 17.5 Å². The van der Waals surface area contributed by atoms with E-state index in [2.05, 4.69) is 25.3 Å². The number of morpholine rings is 1. The van der Waals surface area contributed by atoms with Crippen LogP contribution in [-0.2, 0) is 14.3 Å². The Kier molecular flexibility index (Phi) is 8.55. The van der Waals surface area contributed by atoms with Crippen molar-refractivity contribution in [3.05, 3.63) is 53.1 Å². The maximum Gasteiger partial charge on any atom is 0.573 e. The maximum atomic E-state index is 13.6. The van der Waals surface area contributed by atoms with Gasteiger partial charge in [0.25, 0.3) is 5.56 Å². The zero-order valence-corrected chi connectivity index (χ0v) is 26.4. The number of amides is 2. The molecular weight excluding hydrogens is 621 g/mol. The quantitative estimate of drug-likeness (QED) is 0.384. The van der Waals surface area contributed by atoms with Crippen LogP contribution in [0, 0.1) is 0 Å². The van der Waals surface area contributed by atoms with Crippen LogP contribution in [-0.4, -0.2) is 89.4 Å². The number of benzene rings is 2. The normalized spacial score (nSPS) is 19.8. The van der Waals surface area contributed by atoms with E-state index in [-0.39, 0.29) is 17.4 Å². The fraction of sp³-hybridized carbons (Fsp3) is 0.500. The molecular formula is C32H37F3N6O6. The molecule has 0 radical (unpaired) electrons. The SMILES string of the molecule is CC(C)(C)OC(=O)N[C@H]1CCN(c2ccc3c(=O)n(-c4ccc(OC(F)(F)F)c(NC(=O)C5(N6CCOCC6)CC5)c4)cnc3c2)C1. The molecule has 0 unspecified atom stereocenters. The summed E-state index contributed by atoms with van der Waals surface area (Å²) in [6, 6.07) is 8.76. The van der Waals surface area contributed by atoms with Gasteiger partial charge in [0, 0.05) is 31.9 Å². The third-order valence-corrected chi connectivity index (χ3v) is 8.49. The number of ether oxygens (including phenoxy) is 3. The zero-order valence-electron chi connectivity index (χ0n) is 26.4. The van der Waals surface area contributed by atoms with Crippen molar-refractivity contribution in [3.8, 4) is 11.4 Å². The number of fused-ring (bicyclic) bond motifs is 1. The summed E-state index contributed by atoms with van der Waals surface area (Å²) in [7, 11) is 0. The standard InChI is InChI=1S/C32H37F3N6O6/c1-30(2,3)47-29(44)37-20-8-11-39(18-20)21-4-6-23-24(16-21)36-19-41(27(23)42)22-5-7-26(46-32(33,34)35)25(17-22)38-28(43)31(9-10-31)40-12-14-45-15-13-40/h4-7,16-17,19-20H,8-15,18H2,1-3H3,(H,37,44)(H,38,43)/t20-/m0/s1. The smallest absolute Gasteiger partial charge is 0.444 e. The Morgan fingerprint density at radius 3 is 2.43 bits per heavy atom. The van der Waals surface area contributed by atoms with Crippen molar-refractivity contribution in [1.29, 1.82) is 0 Å². The van der Waals surface area contributed by atoms with Crippen LogP contribution in [0.25, 0.3) is 16.6 Å². The number of hydrogen-bond acceptors (Lipinski definition) is 9. The Balaban J connectivity index is 1.23. The predicted molar refractivity (Wildman–Crippen MR) is 167 cm³/mol. The third kappa shape index (κ3) is 7.30.